The number of aryl methyl sites for hydroxylation is 1. The normalized spacial score (nSPS) is 10.3. The molecule has 2 N–H and O–H groups in total. The topological polar surface area (TPSA) is 120 Å². The van der Waals surface area contributed by atoms with Crippen molar-refractivity contribution >= 4 is 57.0 Å². The Bertz CT molecular complexity index is 1000. The van der Waals surface area contributed by atoms with Crippen molar-refractivity contribution < 1.29 is 24.0 Å². The zero-order valence-electron chi connectivity index (χ0n) is 16.9. The maximum atomic E-state index is 12.4. The van der Waals surface area contributed by atoms with Crippen LogP contribution in [0.4, 0.5) is 16.4 Å². The van der Waals surface area contributed by atoms with E-state index in [1.165, 1.54) is 18.2 Å². The average Bonchev–Trinajstić information content (AvgIpc) is 2.99. The molecule has 11 heteroatoms. The summed E-state index contributed by atoms with van der Waals surface area (Å²) in [6.07, 6.45) is 0. The van der Waals surface area contributed by atoms with Gasteiger partial charge in [-0.15, -0.1) is 11.3 Å². The summed E-state index contributed by atoms with van der Waals surface area (Å²) in [6, 6.07) is 4.32. The molecule has 0 amide bonds. The van der Waals surface area contributed by atoms with Crippen LogP contribution in [0.3, 0.4) is 0 Å². The Labute approximate surface area is 182 Å². The molecule has 0 saturated carbocycles. The van der Waals surface area contributed by atoms with Crippen LogP contribution in [0.1, 0.15) is 45.0 Å². The van der Waals surface area contributed by atoms with E-state index in [1.54, 1.807) is 27.7 Å². The van der Waals surface area contributed by atoms with Crippen LogP contribution >= 0.6 is 23.6 Å². The lowest BCUT2D eigenvalue weighted by Crippen LogP contribution is -2.20. The van der Waals surface area contributed by atoms with E-state index in [-0.39, 0.29) is 34.5 Å². The minimum atomic E-state index is -0.585. The van der Waals surface area contributed by atoms with E-state index in [2.05, 4.69) is 10.6 Å². The van der Waals surface area contributed by atoms with E-state index in [0.29, 0.717) is 21.8 Å². The van der Waals surface area contributed by atoms with Crippen LogP contribution in [-0.2, 0) is 9.47 Å². The number of non-ortho nitro benzene ring substituents is 1. The van der Waals surface area contributed by atoms with Crippen molar-refractivity contribution in [3.05, 3.63) is 49.9 Å². The van der Waals surface area contributed by atoms with Crippen LogP contribution in [0.2, 0.25) is 0 Å². The van der Waals surface area contributed by atoms with Crippen LogP contribution in [0.15, 0.2) is 18.2 Å². The summed E-state index contributed by atoms with van der Waals surface area (Å²) in [7, 11) is 0. The molecule has 1 aromatic heterocycles. The predicted molar refractivity (Wildman–Crippen MR) is 119 cm³/mol. The lowest BCUT2D eigenvalue weighted by atomic mass is 10.1. The smallest absolute Gasteiger partial charge is 0.348 e. The molecular weight excluding hydrogens is 430 g/mol. The summed E-state index contributed by atoms with van der Waals surface area (Å²) in [5, 5.41) is 17.2. The number of esters is 2. The molecule has 2 rings (SSSR count). The van der Waals surface area contributed by atoms with Gasteiger partial charge >= 0.3 is 11.9 Å². The Morgan fingerprint density at radius 1 is 1.13 bits per heavy atom. The van der Waals surface area contributed by atoms with Crippen molar-refractivity contribution in [1.82, 2.24) is 0 Å². The van der Waals surface area contributed by atoms with Gasteiger partial charge in [-0.3, -0.25) is 10.1 Å². The molecule has 160 valence electrons. The quantitative estimate of drug-likeness (QED) is 0.272. The molecule has 0 aliphatic heterocycles. The van der Waals surface area contributed by atoms with Crippen molar-refractivity contribution in [2.75, 3.05) is 23.8 Å². The van der Waals surface area contributed by atoms with Gasteiger partial charge in [0.1, 0.15) is 9.88 Å². The number of thiocarbonyl (C=S) groups is 1. The Kier molecular flexibility index (Phi) is 7.84. The Hall–Kier alpha value is -3.05. The first-order chi connectivity index (χ1) is 14.2. The third kappa shape index (κ3) is 5.30. The zero-order valence-corrected chi connectivity index (χ0v) is 18.5. The van der Waals surface area contributed by atoms with Crippen LogP contribution in [-0.4, -0.2) is 35.2 Å². The van der Waals surface area contributed by atoms with Gasteiger partial charge in [0.2, 0.25) is 0 Å². The highest BCUT2D eigenvalue weighted by Crippen LogP contribution is 2.34. The highest BCUT2D eigenvalue weighted by molar-refractivity contribution is 7.80. The third-order valence-corrected chi connectivity index (χ3v) is 5.37. The highest BCUT2D eigenvalue weighted by Gasteiger charge is 2.27. The van der Waals surface area contributed by atoms with E-state index < -0.39 is 16.9 Å². The SMILES string of the molecule is CCOC(=O)c1sc(NC(=S)Nc2ccc([N+](=O)[O-])cc2C)c(C(=O)OCC)c1C. The molecule has 0 unspecified atom stereocenters. The van der Waals surface area contributed by atoms with Gasteiger partial charge in [-0.05, 0) is 57.1 Å². The first kappa shape index (κ1) is 23.2. The Morgan fingerprint density at radius 2 is 1.77 bits per heavy atom. The number of nitrogens with zero attached hydrogens (tertiary/aromatic N) is 1. The van der Waals surface area contributed by atoms with Gasteiger partial charge in [0, 0.05) is 17.8 Å². The molecule has 2 aromatic rings. The zero-order chi connectivity index (χ0) is 22.4. The van der Waals surface area contributed by atoms with Crippen molar-refractivity contribution in [3.8, 4) is 0 Å². The molecule has 1 aromatic carbocycles. The van der Waals surface area contributed by atoms with E-state index in [4.69, 9.17) is 21.7 Å². The van der Waals surface area contributed by atoms with Gasteiger partial charge in [0.15, 0.2) is 5.11 Å². The van der Waals surface area contributed by atoms with Crippen LogP contribution < -0.4 is 10.6 Å². The molecule has 0 aliphatic rings. The average molecular weight is 452 g/mol. The highest BCUT2D eigenvalue weighted by atomic mass is 32.1. The summed E-state index contributed by atoms with van der Waals surface area (Å²) in [5.74, 6) is -1.12. The van der Waals surface area contributed by atoms with E-state index in [0.717, 1.165) is 11.3 Å². The Morgan fingerprint density at radius 3 is 2.33 bits per heavy atom. The van der Waals surface area contributed by atoms with Crippen LogP contribution in [0.5, 0.6) is 0 Å². The molecule has 0 saturated heterocycles. The molecule has 0 bridgehead atoms. The summed E-state index contributed by atoms with van der Waals surface area (Å²) < 4.78 is 10.2. The molecule has 0 atom stereocenters. The number of rotatable bonds is 7. The maximum absolute atomic E-state index is 12.4. The number of hydrogen-bond acceptors (Lipinski definition) is 8. The van der Waals surface area contributed by atoms with E-state index in [1.807, 2.05) is 0 Å². The van der Waals surface area contributed by atoms with Crippen molar-refractivity contribution in [2.45, 2.75) is 27.7 Å². The fourth-order valence-corrected chi connectivity index (χ4v) is 3.97. The number of nitro benzene ring substituents is 1. The van der Waals surface area contributed by atoms with Gasteiger partial charge < -0.3 is 20.1 Å². The standard InChI is InChI=1S/C19H21N3O6S2/c1-5-27-17(23)14-11(4)15(18(24)28-6-2)30-16(14)21-19(29)20-13-8-7-12(22(25)26)9-10(13)3/h7-9H,5-6H2,1-4H3,(H2,20,21,29). The number of hydrogen-bond donors (Lipinski definition) is 2. The molecule has 30 heavy (non-hydrogen) atoms. The molecular formula is C19H21N3O6S2. The summed E-state index contributed by atoms with van der Waals surface area (Å²) >= 11 is 6.36. The first-order valence-electron chi connectivity index (χ1n) is 9.00. The molecule has 0 spiro atoms. The number of ether oxygens (including phenoxy) is 2. The second-order valence-corrected chi connectivity index (χ2v) is 7.47. The van der Waals surface area contributed by atoms with Gasteiger partial charge in [0.25, 0.3) is 5.69 Å². The third-order valence-electron chi connectivity index (χ3n) is 3.98. The number of anilines is 2. The van der Waals surface area contributed by atoms with E-state index in [9.17, 15) is 19.7 Å². The fraction of sp³-hybridized carbons (Fsp3) is 0.316. The fourth-order valence-electron chi connectivity index (χ4n) is 2.60. The number of nitro groups is 1. The monoisotopic (exact) mass is 451 g/mol. The molecule has 1 heterocycles. The van der Waals surface area contributed by atoms with E-state index >= 15 is 0 Å². The summed E-state index contributed by atoms with van der Waals surface area (Å²) in [6.45, 7) is 7.09. The Balaban J connectivity index is 2.30. The second kappa shape index (κ2) is 10.1. The van der Waals surface area contributed by atoms with Crippen molar-refractivity contribution in [3.63, 3.8) is 0 Å². The predicted octanol–water partition coefficient (Wildman–Crippen LogP) is 4.44. The number of carbonyl (C=O) groups is 2. The molecule has 9 nitrogen and oxygen atoms in total. The van der Waals surface area contributed by atoms with Gasteiger partial charge in [-0.2, -0.15) is 0 Å². The lowest BCUT2D eigenvalue weighted by Gasteiger charge is -2.12. The molecule has 0 radical (unpaired) electrons. The van der Waals surface area contributed by atoms with Crippen LogP contribution in [0.25, 0.3) is 0 Å². The minimum absolute atomic E-state index is 0.0329. The number of thiophene rings is 1. The number of nitrogens with one attached hydrogen (secondary N) is 2. The largest absolute Gasteiger partial charge is 0.462 e. The second-order valence-electron chi connectivity index (χ2n) is 6.04. The van der Waals surface area contributed by atoms with Gasteiger partial charge in [0.05, 0.1) is 23.7 Å². The molecule has 0 aliphatic carbocycles. The summed E-state index contributed by atoms with van der Waals surface area (Å²) in [4.78, 5) is 35.3. The van der Waals surface area contributed by atoms with Crippen LogP contribution in [0, 0.1) is 24.0 Å². The molecule has 0 fully saturated rings. The van der Waals surface area contributed by atoms with Gasteiger partial charge in [-0.1, -0.05) is 0 Å². The first-order valence-corrected chi connectivity index (χ1v) is 10.2. The van der Waals surface area contributed by atoms with Crippen molar-refractivity contribution in [1.29, 1.82) is 0 Å². The maximum Gasteiger partial charge on any atom is 0.348 e. The van der Waals surface area contributed by atoms with Gasteiger partial charge in [-0.25, -0.2) is 9.59 Å². The minimum Gasteiger partial charge on any atom is -0.462 e. The van der Waals surface area contributed by atoms with Crippen molar-refractivity contribution in [2.24, 2.45) is 0 Å². The number of benzene rings is 1. The summed E-state index contributed by atoms with van der Waals surface area (Å²) in [5.41, 5.74) is 1.79. The lowest BCUT2D eigenvalue weighted by molar-refractivity contribution is -0.384. The number of carbonyl (C=O) groups excluding carboxylic acids is 2.